The van der Waals surface area contributed by atoms with Gasteiger partial charge in [0.15, 0.2) is 5.96 Å². The van der Waals surface area contributed by atoms with Crippen molar-refractivity contribution in [2.45, 2.75) is 58.4 Å². The monoisotopic (exact) mass is 559 g/mol. The minimum absolute atomic E-state index is 0. The highest BCUT2D eigenvalue weighted by Gasteiger charge is 2.21. The number of piperidine rings is 1. The molecule has 3 N–H and O–H groups in total. The third kappa shape index (κ3) is 10.4. The van der Waals surface area contributed by atoms with Gasteiger partial charge >= 0.3 is 0 Å². The van der Waals surface area contributed by atoms with Gasteiger partial charge in [-0.05, 0) is 42.4 Å². The van der Waals surface area contributed by atoms with Crippen LogP contribution in [0.15, 0.2) is 29.3 Å². The van der Waals surface area contributed by atoms with E-state index in [2.05, 4.69) is 65.7 Å². The molecule has 2 rings (SSSR count). The van der Waals surface area contributed by atoms with Crippen molar-refractivity contribution in [1.29, 1.82) is 0 Å². The highest BCUT2D eigenvalue weighted by atomic mass is 127. The summed E-state index contributed by atoms with van der Waals surface area (Å²) >= 11 is 0. The largest absolute Gasteiger partial charge is 0.492 e. The predicted molar refractivity (Wildman–Crippen MR) is 143 cm³/mol. The van der Waals surface area contributed by atoms with Crippen molar-refractivity contribution in [2.24, 2.45) is 4.99 Å². The summed E-state index contributed by atoms with van der Waals surface area (Å²) in [5.74, 6) is 1.82. The highest BCUT2D eigenvalue weighted by molar-refractivity contribution is 14.0. The van der Waals surface area contributed by atoms with Gasteiger partial charge in [0, 0.05) is 32.7 Å². The zero-order valence-corrected chi connectivity index (χ0v) is 22.7. The minimum Gasteiger partial charge on any atom is -0.492 e. The van der Waals surface area contributed by atoms with E-state index in [1.54, 1.807) is 7.05 Å². The SMILES string of the molecule is CCCNC(=O)CN1CCC(NC(=NC)NCCOc2cccc(C(C)(C)C)c2)CC1.I. The van der Waals surface area contributed by atoms with Crippen LogP contribution in [0.1, 0.15) is 52.5 Å². The minimum atomic E-state index is 0. The molecule has 8 heteroatoms. The van der Waals surface area contributed by atoms with Crippen molar-refractivity contribution < 1.29 is 9.53 Å². The molecule has 7 nitrogen and oxygen atoms in total. The van der Waals surface area contributed by atoms with E-state index in [-0.39, 0.29) is 35.3 Å². The molecule has 0 radical (unpaired) electrons. The van der Waals surface area contributed by atoms with Crippen molar-refractivity contribution in [1.82, 2.24) is 20.9 Å². The van der Waals surface area contributed by atoms with Crippen LogP contribution in [0.25, 0.3) is 0 Å². The molecule has 0 aliphatic carbocycles. The summed E-state index contributed by atoms with van der Waals surface area (Å²) in [6.07, 6.45) is 2.97. The second-order valence-corrected chi connectivity index (χ2v) is 9.17. The van der Waals surface area contributed by atoms with Gasteiger partial charge in [0.1, 0.15) is 12.4 Å². The number of aliphatic imine (C=N–C) groups is 1. The Balaban J connectivity index is 0.00000512. The Labute approximate surface area is 211 Å². The molecule has 182 valence electrons. The van der Waals surface area contributed by atoms with Crippen LogP contribution >= 0.6 is 24.0 Å². The molecule has 1 saturated heterocycles. The number of carbonyl (C=O) groups is 1. The fourth-order valence-corrected chi connectivity index (χ4v) is 3.54. The molecule has 0 aromatic heterocycles. The summed E-state index contributed by atoms with van der Waals surface area (Å²) in [6, 6.07) is 8.66. The first-order valence-electron chi connectivity index (χ1n) is 11.5. The maximum Gasteiger partial charge on any atom is 0.234 e. The average molecular weight is 560 g/mol. The molecular weight excluding hydrogens is 517 g/mol. The molecule has 0 spiro atoms. The number of guanidine groups is 1. The molecule has 0 unspecified atom stereocenters. The van der Waals surface area contributed by atoms with Crippen LogP contribution in [0.2, 0.25) is 0 Å². The summed E-state index contributed by atoms with van der Waals surface area (Å²) in [4.78, 5) is 18.4. The molecule has 1 aromatic carbocycles. The van der Waals surface area contributed by atoms with E-state index in [4.69, 9.17) is 4.74 Å². The van der Waals surface area contributed by atoms with Crippen molar-refractivity contribution in [3.8, 4) is 5.75 Å². The standard InChI is InChI=1S/C24H41N5O2.HI/c1-6-12-26-22(30)18-29-14-10-20(11-15-29)28-23(25-5)27-13-16-31-21-9-7-8-19(17-21)24(2,3)4;/h7-9,17,20H,6,10-16,18H2,1-5H3,(H,26,30)(H2,25,27,28);1H. The van der Waals surface area contributed by atoms with Crippen LogP contribution in [-0.2, 0) is 10.2 Å². The van der Waals surface area contributed by atoms with Crippen LogP contribution in [0.3, 0.4) is 0 Å². The van der Waals surface area contributed by atoms with Crippen molar-refractivity contribution in [3.63, 3.8) is 0 Å². The lowest BCUT2D eigenvalue weighted by molar-refractivity contribution is -0.122. The summed E-state index contributed by atoms with van der Waals surface area (Å²) < 4.78 is 5.92. The van der Waals surface area contributed by atoms with Crippen molar-refractivity contribution in [2.75, 3.05) is 46.4 Å². The first-order valence-corrected chi connectivity index (χ1v) is 11.5. The van der Waals surface area contributed by atoms with Crippen LogP contribution in [0.5, 0.6) is 5.75 Å². The molecular formula is C24H42IN5O2. The lowest BCUT2D eigenvalue weighted by atomic mass is 9.87. The van der Waals surface area contributed by atoms with E-state index in [0.29, 0.717) is 25.7 Å². The van der Waals surface area contributed by atoms with E-state index in [1.165, 1.54) is 5.56 Å². The fraction of sp³-hybridized carbons (Fsp3) is 0.667. The Morgan fingerprint density at radius 1 is 1.19 bits per heavy atom. The maximum atomic E-state index is 11.9. The van der Waals surface area contributed by atoms with Gasteiger partial charge in [-0.25, -0.2) is 0 Å². The molecule has 32 heavy (non-hydrogen) atoms. The third-order valence-corrected chi connectivity index (χ3v) is 5.45. The van der Waals surface area contributed by atoms with Gasteiger partial charge in [-0.2, -0.15) is 0 Å². The number of benzene rings is 1. The van der Waals surface area contributed by atoms with E-state index >= 15 is 0 Å². The first kappa shape index (κ1) is 28.5. The van der Waals surface area contributed by atoms with Gasteiger partial charge in [0.25, 0.3) is 0 Å². The Morgan fingerprint density at radius 3 is 2.53 bits per heavy atom. The second-order valence-electron chi connectivity index (χ2n) is 9.17. The summed E-state index contributed by atoms with van der Waals surface area (Å²) in [6.45, 7) is 13.0. The van der Waals surface area contributed by atoms with Crippen molar-refractivity contribution >= 4 is 35.8 Å². The number of carbonyl (C=O) groups excluding carboxylic acids is 1. The Bertz CT molecular complexity index is 713. The van der Waals surface area contributed by atoms with Gasteiger partial charge in [-0.3, -0.25) is 14.7 Å². The number of rotatable bonds is 9. The molecule has 1 aromatic rings. The molecule has 1 heterocycles. The number of halogens is 1. The molecule has 1 aliphatic rings. The Hall–Kier alpha value is -1.55. The Morgan fingerprint density at radius 2 is 1.91 bits per heavy atom. The first-order chi connectivity index (χ1) is 14.8. The van der Waals surface area contributed by atoms with E-state index < -0.39 is 0 Å². The normalized spacial score (nSPS) is 15.6. The number of hydrogen-bond acceptors (Lipinski definition) is 4. The van der Waals surface area contributed by atoms with Crippen LogP contribution < -0.4 is 20.7 Å². The lowest BCUT2D eigenvalue weighted by Gasteiger charge is -2.32. The van der Waals surface area contributed by atoms with Gasteiger partial charge in [0.05, 0.1) is 13.1 Å². The Kier molecular flexibility index (Phi) is 13.0. The highest BCUT2D eigenvalue weighted by Crippen LogP contribution is 2.25. The van der Waals surface area contributed by atoms with Crippen molar-refractivity contribution in [3.05, 3.63) is 29.8 Å². The number of nitrogens with one attached hydrogen (secondary N) is 3. The zero-order valence-electron chi connectivity index (χ0n) is 20.4. The number of likely N-dealkylation sites (tertiary alicyclic amines) is 1. The molecule has 1 aliphatic heterocycles. The maximum absolute atomic E-state index is 11.9. The van der Waals surface area contributed by atoms with Crippen LogP contribution in [-0.4, -0.2) is 69.2 Å². The molecule has 1 fully saturated rings. The van der Waals surface area contributed by atoms with Gasteiger partial charge in [-0.15, -0.1) is 24.0 Å². The molecule has 0 atom stereocenters. The van der Waals surface area contributed by atoms with Crippen LogP contribution in [0, 0.1) is 0 Å². The van der Waals surface area contributed by atoms with Gasteiger partial charge < -0.3 is 20.7 Å². The van der Waals surface area contributed by atoms with Crippen LogP contribution in [0.4, 0.5) is 0 Å². The molecule has 1 amide bonds. The smallest absolute Gasteiger partial charge is 0.234 e. The third-order valence-electron chi connectivity index (χ3n) is 5.45. The van der Waals surface area contributed by atoms with E-state index in [9.17, 15) is 4.79 Å². The van der Waals surface area contributed by atoms with Gasteiger partial charge in [-0.1, -0.05) is 39.8 Å². The zero-order chi connectivity index (χ0) is 22.7. The molecule has 0 bridgehead atoms. The average Bonchev–Trinajstić information content (AvgIpc) is 2.75. The summed E-state index contributed by atoms with van der Waals surface area (Å²) in [7, 11) is 1.79. The van der Waals surface area contributed by atoms with E-state index in [0.717, 1.165) is 50.6 Å². The number of ether oxygens (including phenoxy) is 1. The summed E-state index contributed by atoms with van der Waals surface area (Å²) in [5, 5.41) is 9.78. The fourth-order valence-electron chi connectivity index (χ4n) is 3.54. The van der Waals surface area contributed by atoms with E-state index in [1.807, 2.05) is 12.1 Å². The number of hydrogen-bond donors (Lipinski definition) is 3. The number of nitrogens with zero attached hydrogens (tertiary/aromatic N) is 2. The lowest BCUT2D eigenvalue weighted by Crippen LogP contribution is -2.50. The number of amides is 1. The quantitative estimate of drug-likeness (QED) is 0.188. The van der Waals surface area contributed by atoms with Gasteiger partial charge in [0.2, 0.25) is 5.91 Å². The predicted octanol–water partition coefficient (Wildman–Crippen LogP) is 3.14. The topological polar surface area (TPSA) is 78.0 Å². The summed E-state index contributed by atoms with van der Waals surface area (Å²) in [5.41, 5.74) is 1.38. The second kappa shape index (κ2) is 14.6. The molecule has 0 saturated carbocycles.